The molecule has 0 N–H and O–H groups in total. The van der Waals surface area contributed by atoms with E-state index in [1.165, 1.54) is 4.57 Å². The van der Waals surface area contributed by atoms with Gasteiger partial charge in [0.25, 0.3) is 5.56 Å². The van der Waals surface area contributed by atoms with Gasteiger partial charge in [-0.25, -0.2) is 4.79 Å². The molecule has 1 aromatic heterocycles. The number of likely N-dealkylation sites (tertiary alicyclic amines) is 1. The molecule has 1 saturated heterocycles. The molecule has 5 heteroatoms. The Labute approximate surface area is 123 Å². The van der Waals surface area contributed by atoms with Crippen LogP contribution >= 0.6 is 0 Å². The number of fused-ring (bicyclic) bond motifs is 1. The third kappa shape index (κ3) is 2.31. The van der Waals surface area contributed by atoms with Crippen molar-refractivity contribution in [2.24, 2.45) is 7.05 Å². The fourth-order valence-corrected chi connectivity index (χ4v) is 3.17. The molecule has 112 valence electrons. The first-order valence-electron chi connectivity index (χ1n) is 7.39. The maximum absolute atomic E-state index is 12.8. The Morgan fingerprint density at radius 1 is 1.10 bits per heavy atom. The van der Waals surface area contributed by atoms with Gasteiger partial charge in [0.1, 0.15) is 0 Å². The molecule has 0 atom stereocenters. The van der Waals surface area contributed by atoms with E-state index in [4.69, 9.17) is 0 Å². The first-order valence-corrected chi connectivity index (χ1v) is 7.39. The quantitative estimate of drug-likeness (QED) is 0.793. The van der Waals surface area contributed by atoms with Gasteiger partial charge in [0, 0.05) is 13.1 Å². The normalized spacial score (nSPS) is 17.5. The summed E-state index contributed by atoms with van der Waals surface area (Å²) in [5.41, 5.74) is 1.39. The molecule has 0 amide bonds. The first-order chi connectivity index (χ1) is 9.99. The van der Waals surface area contributed by atoms with Crippen LogP contribution in [0.4, 0.5) is 0 Å². The minimum atomic E-state index is -0.203. The van der Waals surface area contributed by atoms with Crippen molar-refractivity contribution in [3.8, 4) is 0 Å². The zero-order valence-electron chi connectivity index (χ0n) is 12.8. The lowest BCUT2D eigenvalue weighted by molar-refractivity contribution is 0.214. The van der Waals surface area contributed by atoms with Crippen molar-refractivity contribution in [2.75, 3.05) is 20.1 Å². The minimum absolute atomic E-state index is 0.0114. The van der Waals surface area contributed by atoms with Crippen LogP contribution in [0, 0.1) is 6.92 Å². The van der Waals surface area contributed by atoms with Crippen molar-refractivity contribution in [1.82, 2.24) is 14.0 Å². The van der Waals surface area contributed by atoms with E-state index in [0.717, 1.165) is 31.5 Å². The van der Waals surface area contributed by atoms with Crippen LogP contribution in [0.15, 0.2) is 27.8 Å². The summed E-state index contributed by atoms with van der Waals surface area (Å²) in [5.74, 6) is 0. The van der Waals surface area contributed by atoms with E-state index in [0.29, 0.717) is 10.9 Å². The predicted molar refractivity (Wildman–Crippen MR) is 84.0 cm³/mol. The van der Waals surface area contributed by atoms with Crippen LogP contribution in [0.5, 0.6) is 0 Å². The lowest BCUT2D eigenvalue weighted by Gasteiger charge is -2.30. The Morgan fingerprint density at radius 3 is 2.43 bits per heavy atom. The summed E-state index contributed by atoms with van der Waals surface area (Å²) < 4.78 is 3.06. The van der Waals surface area contributed by atoms with E-state index < -0.39 is 0 Å². The Morgan fingerprint density at radius 2 is 1.76 bits per heavy atom. The van der Waals surface area contributed by atoms with Gasteiger partial charge in [-0.15, -0.1) is 0 Å². The van der Waals surface area contributed by atoms with Crippen molar-refractivity contribution in [3.63, 3.8) is 0 Å². The molecule has 3 rings (SSSR count). The highest BCUT2D eigenvalue weighted by atomic mass is 16.2. The fraction of sp³-hybridized carbons (Fsp3) is 0.500. The van der Waals surface area contributed by atoms with Crippen LogP contribution in [0.1, 0.15) is 24.4 Å². The summed E-state index contributed by atoms with van der Waals surface area (Å²) in [6, 6.07) is 5.67. The zero-order valence-corrected chi connectivity index (χ0v) is 12.8. The summed E-state index contributed by atoms with van der Waals surface area (Å²) in [7, 11) is 3.81. The third-order valence-electron chi connectivity index (χ3n) is 4.51. The molecule has 2 aromatic rings. The van der Waals surface area contributed by atoms with Crippen LogP contribution in [0.2, 0.25) is 0 Å². The second-order valence-electron chi connectivity index (χ2n) is 6.07. The lowest BCUT2D eigenvalue weighted by Crippen LogP contribution is -2.44. The second kappa shape index (κ2) is 5.15. The molecule has 1 aromatic carbocycles. The monoisotopic (exact) mass is 287 g/mol. The van der Waals surface area contributed by atoms with E-state index in [2.05, 4.69) is 11.9 Å². The molecule has 1 fully saturated rings. The number of hydrogen-bond acceptors (Lipinski definition) is 3. The highest BCUT2D eigenvalue weighted by molar-refractivity contribution is 5.78. The third-order valence-corrected chi connectivity index (χ3v) is 4.51. The second-order valence-corrected chi connectivity index (χ2v) is 6.07. The largest absolute Gasteiger partial charge is 0.331 e. The molecular formula is C16H21N3O2. The topological polar surface area (TPSA) is 47.2 Å². The molecule has 5 nitrogen and oxygen atoms in total. The summed E-state index contributed by atoms with van der Waals surface area (Å²) >= 11 is 0. The SMILES string of the molecule is Cc1ccc2c(c1)c(=O)n(C1CCN(C)CC1)c(=O)n2C. The summed E-state index contributed by atoms with van der Waals surface area (Å²) in [6.07, 6.45) is 1.70. The molecule has 0 saturated carbocycles. The van der Waals surface area contributed by atoms with Gasteiger partial charge in [-0.05, 0) is 52.0 Å². The standard InChI is InChI=1S/C16H21N3O2/c1-11-4-5-14-13(10-11)15(20)19(16(21)18(14)3)12-6-8-17(2)9-7-12/h4-5,10,12H,6-9H2,1-3H3. The number of hydrogen-bond donors (Lipinski definition) is 0. The highest BCUT2D eigenvalue weighted by Crippen LogP contribution is 2.19. The Bertz CT molecular complexity index is 795. The average Bonchev–Trinajstić information content (AvgIpc) is 2.47. The van der Waals surface area contributed by atoms with E-state index >= 15 is 0 Å². The smallest absolute Gasteiger partial charge is 0.306 e. The summed E-state index contributed by atoms with van der Waals surface area (Å²) in [6.45, 7) is 3.81. The van der Waals surface area contributed by atoms with Crippen molar-refractivity contribution >= 4 is 10.9 Å². The molecule has 0 aliphatic carbocycles. The van der Waals surface area contributed by atoms with Gasteiger partial charge < -0.3 is 4.90 Å². The van der Waals surface area contributed by atoms with Crippen molar-refractivity contribution < 1.29 is 0 Å². The van der Waals surface area contributed by atoms with Crippen LogP contribution in [-0.4, -0.2) is 34.2 Å². The summed E-state index contributed by atoms with van der Waals surface area (Å²) in [5, 5.41) is 0.635. The Hall–Kier alpha value is -1.88. The number of piperidine rings is 1. The average molecular weight is 287 g/mol. The Kier molecular flexibility index (Phi) is 3.45. The maximum atomic E-state index is 12.8. The van der Waals surface area contributed by atoms with Gasteiger partial charge in [0.2, 0.25) is 0 Å². The van der Waals surface area contributed by atoms with Gasteiger partial charge in [-0.3, -0.25) is 13.9 Å². The van der Waals surface area contributed by atoms with Crippen LogP contribution < -0.4 is 11.2 Å². The molecule has 1 aliphatic rings. The molecule has 0 radical (unpaired) electrons. The molecule has 2 heterocycles. The van der Waals surface area contributed by atoms with E-state index in [1.807, 2.05) is 25.1 Å². The maximum Gasteiger partial charge on any atom is 0.331 e. The molecule has 21 heavy (non-hydrogen) atoms. The number of aryl methyl sites for hydroxylation is 2. The Balaban J connectivity index is 2.23. The van der Waals surface area contributed by atoms with E-state index in [1.54, 1.807) is 11.6 Å². The van der Waals surface area contributed by atoms with Gasteiger partial charge >= 0.3 is 5.69 Å². The molecule has 0 unspecified atom stereocenters. The van der Waals surface area contributed by atoms with Gasteiger partial charge in [-0.1, -0.05) is 11.6 Å². The summed E-state index contributed by atoms with van der Waals surface area (Å²) in [4.78, 5) is 27.6. The number of benzene rings is 1. The van der Waals surface area contributed by atoms with Crippen LogP contribution in [0.25, 0.3) is 10.9 Å². The van der Waals surface area contributed by atoms with Gasteiger partial charge in [0.15, 0.2) is 0 Å². The fourth-order valence-electron chi connectivity index (χ4n) is 3.17. The highest BCUT2D eigenvalue weighted by Gasteiger charge is 2.23. The van der Waals surface area contributed by atoms with E-state index in [9.17, 15) is 9.59 Å². The molecule has 0 bridgehead atoms. The van der Waals surface area contributed by atoms with E-state index in [-0.39, 0.29) is 17.3 Å². The molecular weight excluding hydrogens is 266 g/mol. The molecule has 0 spiro atoms. The number of aromatic nitrogens is 2. The van der Waals surface area contributed by atoms with Gasteiger partial charge in [0.05, 0.1) is 10.9 Å². The van der Waals surface area contributed by atoms with Crippen molar-refractivity contribution in [2.45, 2.75) is 25.8 Å². The number of nitrogens with zero attached hydrogens (tertiary/aromatic N) is 3. The number of rotatable bonds is 1. The van der Waals surface area contributed by atoms with Gasteiger partial charge in [-0.2, -0.15) is 0 Å². The molecule has 1 aliphatic heterocycles. The zero-order chi connectivity index (χ0) is 15.1. The minimum Gasteiger partial charge on any atom is -0.306 e. The van der Waals surface area contributed by atoms with Crippen LogP contribution in [-0.2, 0) is 7.05 Å². The lowest BCUT2D eigenvalue weighted by atomic mass is 10.0. The first kappa shape index (κ1) is 14.1. The predicted octanol–water partition coefficient (Wildman–Crippen LogP) is 1.28. The van der Waals surface area contributed by atoms with Crippen LogP contribution in [0.3, 0.4) is 0 Å². The van der Waals surface area contributed by atoms with Crippen molar-refractivity contribution in [1.29, 1.82) is 0 Å². The van der Waals surface area contributed by atoms with Crippen molar-refractivity contribution in [3.05, 3.63) is 44.6 Å².